The molecule has 3 heterocycles. The molecule has 18 heavy (non-hydrogen) atoms. The molecule has 88 valence electrons. The summed E-state index contributed by atoms with van der Waals surface area (Å²) in [7, 11) is 4.18. The van der Waals surface area contributed by atoms with Gasteiger partial charge in [-0.15, -0.1) is 0 Å². The second-order valence-corrected chi connectivity index (χ2v) is 4.65. The molecule has 4 heteroatoms. The largest absolute Gasteiger partial charge is 0.411 e. The van der Waals surface area contributed by atoms with E-state index in [9.17, 15) is 0 Å². The van der Waals surface area contributed by atoms with E-state index in [0.717, 1.165) is 0 Å². The molecule has 0 bridgehead atoms. The van der Waals surface area contributed by atoms with Crippen molar-refractivity contribution in [2.75, 3.05) is 7.05 Å². The van der Waals surface area contributed by atoms with Crippen LogP contribution in [0.2, 0.25) is 0 Å². The van der Waals surface area contributed by atoms with Crippen LogP contribution in [0.5, 0.6) is 0 Å². The van der Waals surface area contributed by atoms with Gasteiger partial charge in [-0.3, -0.25) is 4.98 Å². The number of hydrogen-bond donors (Lipinski definition) is 0. The highest BCUT2D eigenvalue weighted by Crippen LogP contribution is 1.96. The maximum atomic E-state index is 4.16. The zero-order valence-corrected chi connectivity index (χ0v) is 10.6. The smallest absolute Gasteiger partial charge is 0.396 e. The molecule has 0 aliphatic carbocycles. The molecule has 0 spiro atoms. The Kier molecular flexibility index (Phi) is 2.63. The number of fused-ring (bicyclic) bond motifs is 1. The summed E-state index contributed by atoms with van der Waals surface area (Å²) in [6.45, 7) is 0.270. The highest BCUT2D eigenvalue weighted by Gasteiger charge is 2.28. The lowest BCUT2D eigenvalue weighted by Crippen LogP contribution is -2.60. The van der Waals surface area contributed by atoms with E-state index < -0.39 is 0 Å². The summed E-state index contributed by atoms with van der Waals surface area (Å²) in [6, 6.07) is 8.36. The summed E-state index contributed by atoms with van der Waals surface area (Å²) in [5, 5.41) is 2.42. The quantitative estimate of drug-likeness (QED) is 0.458. The van der Waals surface area contributed by atoms with E-state index in [1.54, 1.807) is 0 Å². The van der Waals surface area contributed by atoms with Gasteiger partial charge in [0.1, 0.15) is 7.05 Å². The fourth-order valence-electron chi connectivity index (χ4n) is 2.40. The molecule has 0 unspecified atom stereocenters. The molecular formula is C14H15BN3+. The highest BCUT2D eigenvalue weighted by molar-refractivity contribution is 6.82. The van der Waals surface area contributed by atoms with Crippen molar-refractivity contribution in [1.29, 1.82) is 0 Å². The third-order valence-corrected chi connectivity index (χ3v) is 3.40. The van der Waals surface area contributed by atoms with E-state index in [-0.39, 0.29) is 6.85 Å². The normalized spacial score (nSPS) is 13.7. The first kappa shape index (κ1) is 11.0. The van der Waals surface area contributed by atoms with Crippen LogP contribution in [0.25, 0.3) is 12.2 Å². The van der Waals surface area contributed by atoms with Crippen molar-refractivity contribution in [2.45, 2.75) is 0 Å². The number of aromatic nitrogens is 2. The summed E-state index contributed by atoms with van der Waals surface area (Å²) in [4.78, 5) is 6.39. The van der Waals surface area contributed by atoms with Crippen molar-refractivity contribution in [2.24, 2.45) is 7.05 Å². The lowest BCUT2D eigenvalue weighted by Gasteiger charge is -2.21. The van der Waals surface area contributed by atoms with Gasteiger partial charge in [0.25, 0.3) is 0 Å². The van der Waals surface area contributed by atoms with Crippen LogP contribution < -0.4 is 20.6 Å². The molecule has 2 aromatic rings. The Morgan fingerprint density at radius 3 is 2.94 bits per heavy atom. The van der Waals surface area contributed by atoms with Gasteiger partial charge in [0.05, 0.1) is 0 Å². The number of aryl methyl sites for hydroxylation is 1. The van der Waals surface area contributed by atoms with E-state index in [4.69, 9.17) is 0 Å². The molecule has 0 amide bonds. The summed E-state index contributed by atoms with van der Waals surface area (Å²) >= 11 is 0. The van der Waals surface area contributed by atoms with E-state index in [2.05, 4.69) is 65.0 Å². The molecule has 3 nitrogen and oxygen atoms in total. The van der Waals surface area contributed by atoms with Crippen LogP contribution in [0.15, 0.2) is 42.9 Å². The van der Waals surface area contributed by atoms with Gasteiger partial charge in [0.2, 0.25) is 0 Å². The van der Waals surface area contributed by atoms with E-state index in [1.807, 2.05) is 18.5 Å². The molecule has 3 rings (SSSR count). The van der Waals surface area contributed by atoms with E-state index >= 15 is 0 Å². The van der Waals surface area contributed by atoms with Gasteiger partial charge >= 0.3 is 6.85 Å². The maximum Gasteiger partial charge on any atom is 0.396 e. The minimum Gasteiger partial charge on any atom is -0.411 e. The standard InChI is InChI=1S/C14H15BN3/c1-17-8-4-3-5-14(17)15-9-12-6-7-16-10-13(12)11-18(15)2/h3-11H,1-2H3/q+1. The molecule has 2 aromatic heterocycles. The Balaban J connectivity index is 2.16. The Bertz CT molecular complexity index is 696. The van der Waals surface area contributed by atoms with Crippen LogP contribution in [0, 0.1) is 0 Å². The molecule has 0 radical (unpaired) electrons. The zero-order valence-electron chi connectivity index (χ0n) is 10.6. The third-order valence-electron chi connectivity index (χ3n) is 3.40. The Morgan fingerprint density at radius 2 is 2.11 bits per heavy atom. The minimum absolute atomic E-state index is 0.270. The number of pyridine rings is 2. The van der Waals surface area contributed by atoms with Gasteiger partial charge < -0.3 is 4.81 Å². The van der Waals surface area contributed by atoms with Crippen LogP contribution in [0.1, 0.15) is 0 Å². The van der Waals surface area contributed by atoms with Crippen molar-refractivity contribution >= 4 is 24.6 Å². The van der Waals surface area contributed by atoms with Crippen molar-refractivity contribution in [3.63, 3.8) is 0 Å². The zero-order chi connectivity index (χ0) is 12.5. The first-order valence-electron chi connectivity index (χ1n) is 6.06. The average Bonchev–Trinajstić information content (AvgIpc) is 2.39. The molecular weight excluding hydrogens is 221 g/mol. The van der Waals surface area contributed by atoms with Gasteiger partial charge in [-0.2, -0.15) is 0 Å². The van der Waals surface area contributed by atoms with Crippen molar-refractivity contribution < 1.29 is 4.57 Å². The van der Waals surface area contributed by atoms with Gasteiger partial charge in [0.15, 0.2) is 11.8 Å². The van der Waals surface area contributed by atoms with Crippen molar-refractivity contribution in [3.8, 4) is 0 Å². The van der Waals surface area contributed by atoms with Gasteiger partial charge in [0, 0.05) is 23.7 Å². The van der Waals surface area contributed by atoms with Crippen LogP contribution in [0.4, 0.5) is 0 Å². The second kappa shape index (κ2) is 4.29. The lowest BCUT2D eigenvalue weighted by atomic mass is 9.55. The SMILES string of the molecule is CN1C=c2cnccc2=CB1c1cccc[n+]1C. The van der Waals surface area contributed by atoms with Gasteiger partial charge in [-0.25, -0.2) is 4.57 Å². The van der Waals surface area contributed by atoms with E-state index in [1.165, 1.54) is 16.0 Å². The maximum absolute atomic E-state index is 4.16. The van der Waals surface area contributed by atoms with E-state index in [0.29, 0.717) is 0 Å². The second-order valence-electron chi connectivity index (χ2n) is 4.65. The lowest BCUT2D eigenvalue weighted by molar-refractivity contribution is -0.654. The Labute approximate surface area is 107 Å². The molecule has 0 atom stereocenters. The van der Waals surface area contributed by atoms with Crippen LogP contribution >= 0.6 is 0 Å². The predicted molar refractivity (Wildman–Crippen MR) is 73.2 cm³/mol. The predicted octanol–water partition coefficient (Wildman–Crippen LogP) is -1.19. The molecule has 0 fully saturated rings. The molecule has 0 saturated heterocycles. The first-order valence-corrected chi connectivity index (χ1v) is 6.06. The fourth-order valence-corrected chi connectivity index (χ4v) is 2.40. The molecule has 0 N–H and O–H groups in total. The summed E-state index contributed by atoms with van der Waals surface area (Å²) in [5.41, 5.74) is 1.28. The number of rotatable bonds is 1. The van der Waals surface area contributed by atoms with Crippen LogP contribution in [0.3, 0.4) is 0 Å². The summed E-state index contributed by atoms with van der Waals surface area (Å²) in [6.07, 6.45) is 7.99. The molecule has 0 saturated carbocycles. The summed E-state index contributed by atoms with van der Waals surface area (Å²) in [5.74, 6) is 2.28. The van der Waals surface area contributed by atoms with Gasteiger partial charge in [-0.05, 0) is 30.6 Å². The fraction of sp³-hybridized carbons (Fsp3) is 0.143. The van der Waals surface area contributed by atoms with Crippen LogP contribution in [-0.4, -0.2) is 23.7 Å². The minimum atomic E-state index is 0.270. The number of hydrogen-bond acceptors (Lipinski definition) is 2. The monoisotopic (exact) mass is 236 g/mol. The summed E-state index contributed by atoms with van der Waals surface area (Å²) < 4.78 is 2.16. The molecule has 1 aliphatic rings. The van der Waals surface area contributed by atoms with Crippen molar-refractivity contribution in [1.82, 2.24) is 9.79 Å². The number of nitrogens with zero attached hydrogens (tertiary/aromatic N) is 3. The molecule has 0 aromatic carbocycles. The van der Waals surface area contributed by atoms with Crippen LogP contribution in [-0.2, 0) is 7.05 Å². The average molecular weight is 236 g/mol. The topological polar surface area (TPSA) is 20.0 Å². The molecule has 1 aliphatic heterocycles. The van der Waals surface area contributed by atoms with Crippen molar-refractivity contribution in [3.05, 3.63) is 53.3 Å². The Morgan fingerprint density at radius 1 is 1.22 bits per heavy atom. The Hall–Kier alpha value is -2.10. The third kappa shape index (κ3) is 1.80. The first-order chi connectivity index (χ1) is 8.75. The van der Waals surface area contributed by atoms with Gasteiger partial charge in [-0.1, -0.05) is 12.0 Å². The highest BCUT2D eigenvalue weighted by atomic mass is 15.0.